The van der Waals surface area contributed by atoms with Crippen LogP contribution in [0.3, 0.4) is 0 Å². The molecular formula is C12H6F9N3. The second-order valence-corrected chi connectivity index (χ2v) is 4.60. The van der Waals surface area contributed by atoms with Crippen molar-refractivity contribution in [1.82, 2.24) is 15.2 Å². The van der Waals surface area contributed by atoms with Gasteiger partial charge < -0.3 is 0 Å². The number of halogens is 9. The Morgan fingerprint density at radius 2 is 1.46 bits per heavy atom. The van der Waals surface area contributed by atoms with Crippen LogP contribution in [0.25, 0.3) is 11.4 Å². The van der Waals surface area contributed by atoms with Gasteiger partial charge in [0.1, 0.15) is 5.69 Å². The fourth-order valence-corrected chi connectivity index (χ4v) is 1.67. The Labute approximate surface area is 127 Å². The summed E-state index contributed by atoms with van der Waals surface area (Å²) < 4.78 is 116. The van der Waals surface area contributed by atoms with E-state index < -0.39 is 29.6 Å². The summed E-state index contributed by atoms with van der Waals surface area (Å²) in [5, 5.41) is 4.57. The van der Waals surface area contributed by atoms with Crippen LogP contribution in [-0.2, 0) is 5.92 Å². The number of nitrogens with zero attached hydrogens (tertiary/aromatic N) is 2. The zero-order valence-corrected chi connectivity index (χ0v) is 11.2. The topological polar surface area (TPSA) is 41.6 Å². The van der Waals surface area contributed by atoms with Gasteiger partial charge in [-0.2, -0.15) is 44.6 Å². The largest absolute Gasteiger partial charge is 0.460 e. The van der Waals surface area contributed by atoms with Crippen molar-refractivity contribution < 1.29 is 39.5 Å². The van der Waals surface area contributed by atoms with Crippen LogP contribution in [0.4, 0.5) is 39.5 Å². The van der Waals surface area contributed by atoms with Crippen molar-refractivity contribution in [3.63, 3.8) is 0 Å². The summed E-state index contributed by atoms with van der Waals surface area (Å²) in [4.78, 5) is 3.66. The molecule has 0 aliphatic rings. The van der Waals surface area contributed by atoms with E-state index in [0.29, 0.717) is 0 Å². The van der Waals surface area contributed by atoms with E-state index in [-0.39, 0.29) is 17.5 Å². The predicted molar refractivity (Wildman–Crippen MR) is 61.7 cm³/mol. The molecule has 2 rings (SSSR count). The fraction of sp³-hybridized carbons (Fsp3) is 0.333. The molecule has 0 aromatic carbocycles. The number of hydrogen-bond acceptors (Lipinski definition) is 2. The highest BCUT2D eigenvalue weighted by atomic mass is 19.4. The molecule has 0 unspecified atom stereocenters. The summed E-state index contributed by atoms with van der Waals surface area (Å²) in [5.41, 5.74) is -2.40. The van der Waals surface area contributed by atoms with Crippen LogP contribution in [0.2, 0.25) is 0 Å². The fourth-order valence-electron chi connectivity index (χ4n) is 1.67. The predicted octanol–water partition coefficient (Wildman–Crippen LogP) is 4.40. The number of aromatic amines is 1. The molecule has 0 fully saturated rings. The highest BCUT2D eigenvalue weighted by molar-refractivity contribution is 5.54. The van der Waals surface area contributed by atoms with Crippen molar-refractivity contribution in [2.45, 2.75) is 23.9 Å². The van der Waals surface area contributed by atoms with Gasteiger partial charge in [0.25, 0.3) is 0 Å². The van der Waals surface area contributed by atoms with Gasteiger partial charge >= 0.3 is 23.9 Å². The van der Waals surface area contributed by atoms with E-state index in [1.54, 1.807) is 0 Å². The first-order chi connectivity index (χ1) is 10.8. The Hall–Kier alpha value is -2.27. The summed E-state index contributed by atoms with van der Waals surface area (Å²) in [7, 11) is 0. The second-order valence-electron chi connectivity index (χ2n) is 4.60. The van der Waals surface area contributed by atoms with Crippen LogP contribution in [0.1, 0.15) is 5.69 Å². The molecular weight excluding hydrogens is 357 g/mol. The van der Waals surface area contributed by atoms with Gasteiger partial charge in [-0.3, -0.25) is 10.1 Å². The Bertz CT molecular complexity index is 706. The van der Waals surface area contributed by atoms with Crippen LogP contribution in [0.5, 0.6) is 0 Å². The summed E-state index contributed by atoms with van der Waals surface area (Å²) in [6.07, 6.45) is -5.67. The van der Waals surface area contributed by atoms with Crippen LogP contribution >= 0.6 is 0 Å². The van der Waals surface area contributed by atoms with Crippen LogP contribution < -0.4 is 0 Å². The molecule has 1 N–H and O–H groups in total. The van der Waals surface area contributed by atoms with Crippen molar-refractivity contribution >= 4 is 0 Å². The second kappa shape index (κ2) is 5.38. The van der Waals surface area contributed by atoms with Gasteiger partial charge in [0.15, 0.2) is 0 Å². The van der Waals surface area contributed by atoms with E-state index in [2.05, 4.69) is 10.1 Å². The van der Waals surface area contributed by atoms with Gasteiger partial charge in [-0.05, 0) is 18.2 Å². The number of pyridine rings is 1. The molecule has 2 heterocycles. The maximum Gasteiger partial charge on any atom is 0.460 e. The Balaban J connectivity index is 2.46. The monoisotopic (exact) mass is 363 g/mol. The lowest BCUT2D eigenvalue weighted by molar-refractivity contribution is -0.400. The van der Waals surface area contributed by atoms with E-state index >= 15 is 0 Å². The maximum absolute atomic E-state index is 13.7. The van der Waals surface area contributed by atoms with Gasteiger partial charge in [-0.1, -0.05) is 6.07 Å². The Kier molecular flexibility index (Phi) is 4.05. The highest BCUT2D eigenvalue weighted by Crippen LogP contribution is 2.56. The summed E-state index contributed by atoms with van der Waals surface area (Å²) in [6.45, 7) is 0. The molecule has 0 radical (unpaired) electrons. The molecule has 0 aliphatic carbocycles. The lowest BCUT2D eigenvalue weighted by Crippen LogP contribution is -2.59. The molecule has 2 aromatic heterocycles. The standard InChI is InChI=1S/C12H6F9N3/c13-9(14,10(15,16)11(17,18)12(19,20)21)8-5-7(23-24-8)6-3-1-2-4-22-6/h1-5H,(H,23,24). The van der Waals surface area contributed by atoms with Crippen molar-refractivity contribution in [2.75, 3.05) is 0 Å². The van der Waals surface area contributed by atoms with E-state index in [9.17, 15) is 39.5 Å². The van der Waals surface area contributed by atoms with E-state index in [1.165, 1.54) is 24.4 Å². The number of nitrogens with one attached hydrogen (secondary N) is 1. The first-order valence-electron chi connectivity index (χ1n) is 6.00. The average molecular weight is 363 g/mol. The molecule has 0 bridgehead atoms. The molecule has 24 heavy (non-hydrogen) atoms. The third-order valence-corrected chi connectivity index (χ3v) is 2.99. The molecule has 132 valence electrons. The number of H-pyrrole nitrogens is 1. The minimum Gasteiger partial charge on any atom is -0.276 e. The first-order valence-corrected chi connectivity index (χ1v) is 6.00. The molecule has 0 saturated heterocycles. The van der Waals surface area contributed by atoms with Crippen LogP contribution in [0, 0.1) is 0 Å². The number of rotatable bonds is 4. The summed E-state index contributed by atoms with van der Waals surface area (Å²) >= 11 is 0. The minimum atomic E-state index is -6.96. The van der Waals surface area contributed by atoms with Gasteiger partial charge in [-0.15, -0.1) is 0 Å². The van der Waals surface area contributed by atoms with Crippen LogP contribution in [-0.4, -0.2) is 33.2 Å². The third-order valence-electron chi connectivity index (χ3n) is 2.99. The van der Waals surface area contributed by atoms with E-state index in [1.807, 2.05) is 5.10 Å². The highest BCUT2D eigenvalue weighted by Gasteiger charge is 2.82. The van der Waals surface area contributed by atoms with Crippen molar-refractivity contribution in [3.05, 3.63) is 36.2 Å². The lowest BCUT2D eigenvalue weighted by atomic mass is 10.0. The van der Waals surface area contributed by atoms with Crippen molar-refractivity contribution in [1.29, 1.82) is 0 Å². The van der Waals surface area contributed by atoms with Gasteiger partial charge in [0.05, 0.1) is 11.4 Å². The molecule has 0 amide bonds. The first kappa shape index (κ1) is 18.1. The van der Waals surface area contributed by atoms with Crippen molar-refractivity contribution in [3.8, 4) is 11.4 Å². The van der Waals surface area contributed by atoms with Gasteiger partial charge in [0, 0.05) is 6.20 Å². The zero-order chi connectivity index (χ0) is 18.4. The van der Waals surface area contributed by atoms with E-state index in [4.69, 9.17) is 0 Å². The average Bonchev–Trinajstić information content (AvgIpc) is 2.97. The molecule has 12 heteroatoms. The van der Waals surface area contributed by atoms with Crippen molar-refractivity contribution in [2.24, 2.45) is 0 Å². The Morgan fingerprint density at radius 3 is 1.96 bits per heavy atom. The molecule has 3 nitrogen and oxygen atoms in total. The van der Waals surface area contributed by atoms with Gasteiger partial charge in [0.2, 0.25) is 0 Å². The molecule has 0 aliphatic heterocycles. The zero-order valence-electron chi connectivity index (χ0n) is 11.2. The minimum absolute atomic E-state index is 0.0575. The summed E-state index contributed by atoms with van der Waals surface area (Å²) in [6, 6.07) is 4.31. The third kappa shape index (κ3) is 2.59. The normalized spacial score (nSPS) is 14.0. The number of alkyl halides is 9. The molecule has 2 aromatic rings. The Morgan fingerprint density at radius 1 is 0.833 bits per heavy atom. The maximum atomic E-state index is 13.7. The lowest BCUT2D eigenvalue weighted by Gasteiger charge is -2.32. The van der Waals surface area contributed by atoms with Crippen LogP contribution in [0.15, 0.2) is 30.5 Å². The molecule has 0 saturated carbocycles. The van der Waals surface area contributed by atoms with Gasteiger partial charge in [-0.25, -0.2) is 0 Å². The molecule has 0 atom stereocenters. The quantitative estimate of drug-likeness (QED) is 0.819. The number of aromatic nitrogens is 3. The van der Waals surface area contributed by atoms with E-state index in [0.717, 1.165) is 0 Å². The summed E-state index contributed by atoms with van der Waals surface area (Å²) in [5.74, 6) is -19.6. The molecule has 0 spiro atoms. The smallest absolute Gasteiger partial charge is 0.276 e. The SMILES string of the molecule is FC(F)(F)C(F)(F)C(F)(F)C(F)(F)c1cc(-c2ccccn2)[nH]n1. The number of hydrogen-bond donors (Lipinski definition) is 1.